The minimum Gasteiger partial charge on any atom is -0.492 e. The molecule has 1 amide bonds. The second-order valence-electron chi connectivity index (χ2n) is 7.32. The summed E-state index contributed by atoms with van der Waals surface area (Å²) in [5.41, 5.74) is 4.49. The van der Waals surface area contributed by atoms with Crippen molar-refractivity contribution in [1.29, 1.82) is 0 Å². The Hall–Kier alpha value is -3.05. The van der Waals surface area contributed by atoms with Crippen molar-refractivity contribution < 1.29 is 9.53 Å². The molecule has 2 N–H and O–H groups in total. The predicted molar refractivity (Wildman–Crippen MR) is 118 cm³/mol. The van der Waals surface area contributed by atoms with Crippen LogP contribution in [0, 0.1) is 0 Å². The molecule has 5 heteroatoms. The van der Waals surface area contributed by atoms with Gasteiger partial charge in [-0.05, 0) is 44.0 Å². The van der Waals surface area contributed by atoms with Crippen molar-refractivity contribution in [3.63, 3.8) is 0 Å². The zero-order valence-electron chi connectivity index (χ0n) is 16.9. The predicted octanol–water partition coefficient (Wildman–Crippen LogP) is 4.68. The molecule has 150 valence electrons. The number of aromatic amines is 1. The van der Waals surface area contributed by atoms with Crippen molar-refractivity contribution in [2.75, 3.05) is 25.0 Å². The van der Waals surface area contributed by atoms with E-state index in [4.69, 9.17) is 4.74 Å². The Labute approximate surface area is 171 Å². The zero-order chi connectivity index (χ0) is 20.2. The van der Waals surface area contributed by atoms with E-state index in [1.54, 1.807) is 0 Å². The number of nitrogens with one attached hydrogen (secondary N) is 2. The first-order chi connectivity index (χ1) is 14.2. The molecular formula is C24H27N3O2. The molecule has 0 fully saturated rings. The van der Waals surface area contributed by atoms with Gasteiger partial charge in [0.05, 0.1) is 18.3 Å². The van der Waals surface area contributed by atoms with E-state index >= 15 is 0 Å². The van der Waals surface area contributed by atoms with Crippen molar-refractivity contribution in [3.05, 3.63) is 66.4 Å². The fraction of sp³-hybridized carbons (Fsp3) is 0.292. The highest BCUT2D eigenvalue weighted by molar-refractivity contribution is 5.96. The first-order valence-electron chi connectivity index (χ1n) is 10.2. The van der Waals surface area contributed by atoms with Gasteiger partial charge >= 0.3 is 0 Å². The van der Waals surface area contributed by atoms with Gasteiger partial charge in [-0.25, -0.2) is 0 Å². The monoisotopic (exact) mass is 389 g/mol. The maximum absolute atomic E-state index is 12.8. The van der Waals surface area contributed by atoms with Crippen LogP contribution < -0.4 is 10.1 Å². The van der Waals surface area contributed by atoms with Gasteiger partial charge in [0.15, 0.2) is 0 Å². The Bertz CT molecular complexity index is 1040. The first kappa shape index (κ1) is 19.3. The number of carbonyl (C=O) groups excluding carboxylic acids is 1. The van der Waals surface area contributed by atoms with Crippen LogP contribution >= 0.6 is 0 Å². The lowest BCUT2D eigenvalue weighted by atomic mass is 9.98. The van der Waals surface area contributed by atoms with Crippen LogP contribution in [0.5, 0.6) is 5.75 Å². The number of hydrogen-bond acceptors (Lipinski definition) is 3. The average molecular weight is 389 g/mol. The van der Waals surface area contributed by atoms with Gasteiger partial charge in [0, 0.05) is 35.8 Å². The molecule has 0 bridgehead atoms. The number of nitrogens with zero attached hydrogens (tertiary/aromatic N) is 1. The lowest BCUT2D eigenvalue weighted by Crippen LogP contribution is -2.44. The Balaban J connectivity index is 1.43. The zero-order valence-corrected chi connectivity index (χ0v) is 16.9. The quantitative estimate of drug-likeness (QED) is 0.643. The fourth-order valence-electron chi connectivity index (χ4n) is 3.87. The van der Waals surface area contributed by atoms with Crippen molar-refractivity contribution >= 4 is 28.1 Å². The van der Waals surface area contributed by atoms with Gasteiger partial charge in [-0.2, -0.15) is 0 Å². The first-order valence-corrected chi connectivity index (χ1v) is 10.2. The topological polar surface area (TPSA) is 57.4 Å². The number of anilines is 1. The van der Waals surface area contributed by atoms with Crippen LogP contribution in [0.15, 0.2) is 60.8 Å². The number of H-pyrrole nitrogens is 1. The van der Waals surface area contributed by atoms with Crippen LogP contribution in [0.1, 0.15) is 25.8 Å². The number of benzene rings is 2. The highest BCUT2D eigenvalue weighted by Crippen LogP contribution is 2.30. The summed E-state index contributed by atoms with van der Waals surface area (Å²) in [4.78, 5) is 18.4. The Morgan fingerprint density at radius 3 is 2.79 bits per heavy atom. The second-order valence-corrected chi connectivity index (χ2v) is 7.32. The van der Waals surface area contributed by atoms with Crippen molar-refractivity contribution in [2.24, 2.45) is 0 Å². The van der Waals surface area contributed by atoms with Crippen LogP contribution in [0.3, 0.4) is 0 Å². The number of rotatable bonds is 6. The van der Waals surface area contributed by atoms with E-state index in [1.807, 2.05) is 44.2 Å². The molecular weight excluding hydrogens is 362 g/mol. The number of aromatic nitrogens is 1. The molecule has 5 nitrogen and oxygen atoms in total. The largest absolute Gasteiger partial charge is 0.492 e. The summed E-state index contributed by atoms with van der Waals surface area (Å²) in [5, 5.41) is 4.28. The van der Waals surface area contributed by atoms with Gasteiger partial charge in [0.1, 0.15) is 5.75 Å². The number of carbonyl (C=O) groups is 1. The number of amides is 1. The Kier molecular flexibility index (Phi) is 5.67. The second kappa shape index (κ2) is 8.53. The summed E-state index contributed by atoms with van der Waals surface area (Å²) in [5.74, 6) is 0.691. The van der Waals surface area contributed by atoms with Crippen LogP contribution in [-0.2, 0) is 4.79 Å². The fourth-order valence-corrected chi connectivity index (χ4v) is 3.87. The van der Waals surface area contributed by atoms with Crippen LogP contribution in [0.25, 0.3) is 16.5 Å². The van der Waals surface area contributed by atoms with E-state index in [2.05, 4.69) is 45.7 Å². The molecule has 1 aliphatic heterocycles. The van der Waals surface area contributed by atoms with Gasteiger partial charge in [0.2, 0.25) is 5.91 Å². The standard InChI is InChI=1S/C24H27N3O2/c1-3-29-23-11-7-6-10-22(23)26-24(28)17(2)27-14-12-18(13-15-27)20-16-25-21-9-5-4-8-19(20)21/h4-12,16-17,25H,3,13-15H2,1-2H3,(H,26,28)/t17-/m0/s1. The molecule has 2 aromatic carbocycles. The summed E-state index contributed by atoms with van der Waals surface area (Å²) < 4.78 is 5.61. The van der Waals surface area contributed by atoms with Crippen LogP contribution in [0.4, 0.5) is 5.69 Å². The van der Waals surface area contributed by atoms with E-state index in [9.17, 15) is 4.79 Å². The van der Waals surface area contributed by atoms with Crippen molar-refractivity contribution in [3.8, 4) is 5.75 Å². The van der Waals surface area contributed by atoms with E-state index in [0.29, 0.717) is 12.4 Å². The molecule has 4 rings (SSSR count). The number of hydrogen-bond donors (Lipinski definition) is 2. The van der Waals surface area contributed by atoms with Crippen molar-refractivity contribution in [1.82, 2.24) is 9.88 Å². The Morgan fingerprint density at radius 1 is 1.21 bits per heavy atom. The SMILES string of the molecule is CCOc1ccccc1NC(=O)[C@H](C)N1CC=C(c2c[nH]c3ccccc23)CC1. The van der Waals surface area contributed by atoms with Crippen molar-refractivity contribution in [2.45, 2.75) is 26.3 Å². The molecule has 0 saturated carbocycles. The highest BCUT2D eigenvalue weighted by atomic mass is 16.5. The lowest BCUT2D eigenvalue weighted by Gasteiger charge is -2.31. The van der Waals surface area contributed by atoms with E-state index in [1.165, 1.54) is 16.5 Å². The molecule has 0 spiro atoms. The molecule has 1 aromatic heterocycles. The van der Waals surface area contributed by atoms with Crippen LogP contribution in [-0.4, -0.2) is 41.5 Å². The molecule has 1 aliphatic rings. The molecule has 1 atom stereocenters. The van der Waals surface area contributed by atoms with Gasteiger partial charge in [-0.1, -0.05) is 36.4 Å². The smallest absolute Gasteiger partial charge is 0.241 e. The molecule has 0 saturated heterocycles. The van der Waals surface area contributed by atoms with E-state index < -0.39 is 0 Å². The van der Waals surface area contributed by atoms with Gasteiger partial charge in [-0.3, -0.25) is 9.69 Å². The van der Waals surface area contributed by atoms with Gasteiger partial charge in [0.25, 0.3) is 0 Å². The number of fused-ring (bicyclic) bond motifs is 1. The third kappa shape index (κ3) is 4.05. The van der Waals surface area contributed by atoms with Gasteiger partial charge in [-0.15, -0.1) is 0 Å². The van der Waals surface area contributed by atoms with Gasteiger partial charge < -0.3 is 15.0 Å². The molecule has 0 aliphatic carbocycles. The molecule has 0 radical (unpaired) electrons. The normalized spacial score (nSPS) is 15.7. The maximum atomic E-state index is 12.8. The summed E-state index contributed by atoms with van der Waals surface area (Å²) in [6.45, 7) is 6.08. The Morgan fingerprint density at radius 2 is 2.00 bits per heavy atom. The molecule has 0 unspecified atom stereocenters. The number of para-hydroxylation sites is 3. The minimum atomic E-state index is -0.217. The average Bonchev–Trinajstić information content (AvgIpc) is 3.19. The summed E-state index contributed by atoms with van der Waals surface area (Å²) in [6.07, 6.45) is 5.26. The highest BCUT2D eigenvalue weighted by Gasteiger charge is 2.24. The molecule has 3 aromatic rings. The minimum absolute atomic E-state index is 0.0129. The summed E-state index contributed by atoms with van der Waals surface area (Å²) in [7, 11) is 0. The summed E-state index contributed by atoms with van der Waals surface area (Å²) >= 11 is 0. The summed E-state index contributed by atoms with van der Waals surface area (Å²) in [6, 6.07) is 15.7. The third-order valence-electron chi connectivity index (χ3n) is 5.55. The van der Waals surface area contributed by atoms with E-state index in [-0.39, 0.29) is 11.9 Å². The third-order valence-corrected chi connectivity index (χ3v) is 5.55. The molecule has 2 heterocycles. The van der Waals surface area contributed by atoms with E-state index in [0.717, 1.165) is 30.7 Å². The molecule has 29 heavy (non-hydrogen) atoms. The number of ether oxygens (including phenoxy) is 1. The lowest BCUT2D eigenvalue weighted by molar-refractivity contribution is -0.120. The van der Waals surface area contributed by atoms with Crippen LogP contribution in [0.2, 0.25) is 0 Å². The maximum Gasteiger partial charge on any atom is 0.241 e.